The first kappa shape index (κ1) is 13.5. The highest BCUT2D eigenvalue weighted by molar-refractivity contribution is 5.92. The fourth-order valence-corrected chi connectivity index (χ4v) is 2.28. The van der Waals surface area contributed by atoms with Gasteiger partial charge in [-0.1, -0.05) is 6.07 Å². The first-order chi connectivity index (χ1) is 10.1. The van der Waals surface area contributed by atoms with Gasteiger partial charge in [-0.2, -0.15) is 0 Å². The summed E-state index contributed by atoms with van der Waals surface area (Å²) in [6, 6.07) is 6.02. The molecule has 1 aliphatic heterocycles. The second kappa shape index (κ2) is 5.47. The van der Waals surface area contributed by atoms with Crippen molar-refractivity contribution in [2.75, 3.05) is 25.0 Å². The van der Waals surface area contributed by atoms with E-state index in [1.54, 1.807) is 17.3 Å². The van der Waals surface area contributed by atoms with Gasteiger partial charge in [0.05, 0.1) is 17.9 Å². The Morgan fingerprint density at radius 1 is 1.24 bits per heavy atom. The molecule has 0 N–H and O–H groups in total. The van der Waals surface area contributed by atoms with Gasteiger partial charge in [-0.25, -0.2) is 9.97 Å². The van der Waals surface area contributed by atoms with Gasteiger partial charge in [0, 0.05) is 32.5 Å². The maximum absolute atomic E-state index is 12.3. The molecular weight excluding hydrogens is 266 g/mol. The number of carbonyl (C=O) groups excluding carboxylic acids is 1. The minimum Gasteiger partial charge on any atom is -0.352 e. The second-order valence-corrected chi connectivity index (χ2v) is 5.21. The summed E-state index contributed by atoms with van der Waals surface area (Å²) in [5.41, 5.74) is 1.19. The number of anilines is 1. The second-order valence-electron chi connectivity index (χ2n) is 5.21. The van der Waals surface area contributed by atoms with Gasteiger partial charge in [-0.05, 0) is 19.1 Å². The van der Waals surface area contributed by atoms with Gasteiger partial charge in [0.2, 0.25) is 0 Å². The van der Waals surface area contributed by atoms with Gasteiger partial charge < -0.3 is 9.80 Å². The molecular formula is C15H17N5O. The molecule has 0 aliphatic carbocycles. The number of likely N-dealkylation sites (N-methyl/N-ethyl adjacent to an activating group) is 1. The largest absolute Gasteiger partial charge is 0.352 e. The van der Waals surface area contributed by atoms with Crippen LogP contribution in [0, 0.1) is 6.92 Å². The predicted molar refractivity (Wildman–Crippen MR) is 79.1 cm³/mol. The highest BCUT2D eigenvalue weighted by Gasteiger charge is 2.33. The number of hydrogen-bond donors (Lipinski definition) is 0. The molecule has 1 fully saturated rings. The van der Waals surface area contributed by atoms with Gasteiger partial charge >= 0.3 is 0 Å². The average molecular weight is 283 g/mol. The molecule has 0 spiro atoms. The zero-order valence-electron chi connectivity index (χ0n) is 12.1. The number of amides is 1. The van der Waals surface area contributed by atoms with E-state index in [9.17, 15) is 4.79 Å². The van der Waals surface area contributed by atoms with Crippen molar-refractivity contribution in [3.8, 4) is 0 Å². The van der Waals surface area contributed by atoms with E-state index in [-0.39, 0.29) is 11.9 Å². The fourth-order valence-electron chi connectivity index (χ4n) is 2.28. The van der Waals surface area contributed by atoms with E-state index in [4.69, 9.17) is 0 Å². The van der Waals surface area contributed by atoms with Crippen LogP contribution in [0.2, 0.25) is 0 Å². The zero-order valence-corrected chi connectivity index (χ0v) is 12.1. The summed E-state index contributed by atoms with van der Waals surface area (Å²) in [5, 5.41) is 0. The van der Waals surface area contributed by atoms with E-state index in [2.05, 4.69) is 19.9 Å². The monoisotopic (exact) mass is 283 g/mol. The number of aryl methyl sites for hydroxylation is 1. The van der Waals surface area contributed by atoms with Crippen LogP contribution in [-0.2, 0) is 0 Å². The van der Waals surface area contributed by atoms with Gasteiger partial charge in [0.15, 0.2) is 0 Å². The zero-order chi connectivity index (χ0) is 14.8. The third kappa shape index (κ3) is 2.69. The van der Waals surface area contributed by atoms with Gasteiger partial charge in [-0.3, -0.25) is 9.78 Å². The molecule has 1 amide bonds. The SMILES string of the molecule is Cc1cnc(C(=O)N(C)C2CN(c3ccccn3)C2)cn1. The average Bonchev–Trinajstić information content (AvgIpc) is 2.47. The van der Waals surface area contributed by atoms with E-state index < -0.39 is 0 Å². The Balaban J connectivity index is 1.61. The van der Waals surface area contributed by atoms with Crippen molar-refractivity contribution in [1.82, 2.24) is 19.9 Å². The summed E-state index contributed by atoms with van der Waals surface area (Å²) >= 11 is 0. The third-order valence-corrected chi connectivity index (χ3v) is 3.70. The number of carbonyl (C=O) groups is 1. The molecule has 1 saturated heterocycles. The molecule has 0 radical (unpaired) electrons. The molecule has 0 saturated carbocycles. The molecule has 6 nitrogen and oxygen atoms in total. The topological polar surface area (TPSA) is 62.2 Å². The smallest absolute Gasteiger partial charge is 0.274 e. The number of aromatic nitrogens is 3. The van der Waals surface area contributed by atoms with Crippen LogP contribution in [0.25, 0.3) is 0 Å². The molecule has 0 aromatic carbocycles. The van der Waals surface area contributed by atoms with Crippen molar-refractivity contribution in [3.63, 3.8) is 0 Å². The number of nitrogens with zero attached hydrogens (tertiary/aromatic N) is 5. The maximum atomic E-state index is 12.3. The fraction of sp³-hybridized carbons (Fsp3) is 0.333. The van der Waals surface area contributed by atoms with Crippen LogP contribution in [0.3, 0.4) is 0 Å². The predicted octanol–water partition coefficient (Wildman–Crippen LogP) is 1.14. The lowest BCUT2D eigenvalue weighted by atomic mass is 10.1. The molecule has 0 bridgehead atoms. The molecule has 2 aromatic rings. The highest BCUT2D eigenvalue weighted by atomic mass is 16.2. The molecule has 21 heavy (non-hydrogen) atoms. The van der Waals surface area contributed by atoms with Crippen molar-refractivity contribution in [1.29, 1.82) is 0 Å². The Morgan fingerprint density at radius 2 is 2.05 bits per heavy atom. The summed E-state index contributed by atoms with van der Waals surface area (Å²) in [5.74, 6) is 0.859. The van der Waals surface area contributed by atoms with Crippen LogP contribution in [0.4, 0.5) is 5.82 Å². The van der Waals surface area contributed by atoms with E-state index >= 15 is 0 Å². The molecule has 1 aliphatic rings. The Hall–Kier alpha value is -2.50. The van der Waals surface area contributed by atoms with Crippen molar-refractivity contribution in [3.05, 3.63) is 48.2 Å². The molecule has 0 unspecified atom stereocenters. The summed E-state index contributed by atoms with van der Waals surface area (Å²) in [7, 11) is 1.81. The van der Waals surface area contributed by atoms with E-state index in [1.807, 2.05) is 32.2 Å². The van der Waals surface area contributed by atoms with Crippen molar-refractivity contribution in [2.45, 2.75) is 13.0 Å². The first-order valence-corrected chi connectivity index (χ1v) is 6.87. The van der Waals surface area contributed by atoms with Crippen LogP contribution in [-0.4, -0.2) is 51.9 Å². The summed E-state index contributed by atoms with van der Waals surface area (Å²) in [6.45, 7) is 3.43. The van der Waals surface area contributed by atoms with Gasteiger partial charge in [0.1, 0.15) is 11.5 Å². The standard InChI is InChI=1S/C15H17N5O/c1-11-7-18-13(8-17-11)15(21)19(2)12-9-20(10-12)14-5-3-4-6-16-14/h3-8,12H,9-10H2,1-2H3. The summed E-state index contributed by atoms with van der Waals surface area (Å²) in [4.78, 5) is 28.8. The Bertz CT molecular complexity index is 622. The molecule has 0 atom stereocenters. The quantitative estimate of drug-likeness (QED) is 0.845. The highest BCUT2D eigenvalue weighted by Crippen LogP contribution is 2.21. The van der Waals surface area contributed by atoms with E-state index in [0.717, 1.165) is 24.6 Å². The minimum absolute atomic E-state index is 0.0897. The molecule has 6 heteroatoms. The Kier molecular flexibility index (Phi) is 3.51. The maximum Gasteiger partial charge on any atom is 0.274 e. The van der Waals surface area contributed by atoms with Crippen molar-refractivity contribution < 1.29 is 4.79 Å². The summed E-state index contributed by atoms with van der Waals surface area (Å²) < 4.78 is 0. The molecule has 3 heterocycles. The molecule has 108 valence electrons. The Morgan fingerprint density at radius 3 is 2.67 bits per heavy atom. The normalized spacial score (nSPS) is 14.7. The van der Waals surface area contributed by atoms with Crippen LogP contribution in [0.5, 0.6) is 0 Å². The van der Waals surface area contributed by atoms with Gasteiger partial charge in [-0.15, -0.1) is 0 Å². The van der Waals surface area contributed by atoms with Crippen molar-refractivity contribution >= 4 is 11.7 Å². The van der Waals surface area contributed by atoms with Crippen LogP contribution in [0.1, 0.15) is 16.2 Å². The molecule has 2 aromatic heterocycles. The van der Waals surface area contributed by atoms with Crippen LogP contribution >= 0.6 is 0 Å². The lowest BCUT2D eigenvalue weighted by Crippen LogP contribution is -2.60. The third-order valence-electron chi connectivity index (χ3n) is 3.70. The molecule has 3 rings (SSSR count). The number of pyridine rings is 1. The van der Waals surface area contributed by atoms with E-state index in [1.165, 1.54) is 6.20 Å². The van der Waals surface area contributed by atoms with Gasteiger partial charge in [0.25, 0.3) is 5.91 Å². The minimum atomic E-state index is -0.0897. The van der Waals surface area contributed by atoms with Crippen molar-refractivity contribution in [2.24, 2.45) is 0 Å². The number of hydrogen-bond acceptors (Lipinski definition) is 5. The lowest BCUT2D eigenvalue weighted by Gasteiger charge is -2.44. The summed E-state index contributed by atoms with van der Waals surface area (Å²) in [6.07, 6.45) is 4.92. The Labute approximate surface area is 123 Å². The van der Waals surface area contributed by atoms with E-state index in [0.29, 0.717) is 5.69 Å². The lowest BCUT2D eigenvalue weighted by molar-refractivity contribution is 0.0698. The van der Waals surface area contributed by atoms with Crippen LogP contribution < -0.4 is 4.90 Å². The van der Waals surface area contributed by atoms with Crippen LogP contribution in [0.15, 0.2) is 36.8 Å². The number of rotatable bonds is 3. The first-order valence-electron chi connectivity index (χ1n) is 6.87.